The predicted molar refractivity (Wildman–Crippen MR) is 84.8 cm³/mol. The van der Waals surface area contributed by atoms with Crippen LogP contribution in [0.2, 0.25) is 0 Å². The fraction of sp³-hybridized carbons (Fsp3) is 0.941. The summed E-state index contributed by atoms with van der Waals surface area (Å²) in [6.45, 7) is 6.04. The van der Waals surface area contributed by atoms with Gasteiger partial charge in [0, 0.05) is 25.7 Å². The molecule has 1 heterocycles. The molecule has 1 aliphatic heterocycles. The van der Waals surface area contributed by atoms with Crippen molar-refractivity contribution in [3.8, 4) is 0 Å². The van der Waals surface area contributed by atoms with Crippen LogP contribution >= 0.6 is 0 Å². The van der Waals surface area contributed by atoms with E-state index < -0.39 is 0 Å². The Labute approximate surface area is 128 Å². The van der Waals surface area contributed by atoms with Crippen LogP contribution in [-0.2, 0) is 4.79 Å². The van der Waals surface area contributed by atoms with E-state index in [1.807, 2.05) is 0 Å². The maximum atomic E-state index is 12.6. The van der Waals surface area contributed by atoms with Crippen LogP contribution in [0.5, 0.6) is 0 Å². The lowest BCUT2D eigenvalue weighted by atomic mass is 9.70. The highest BCUT2D eigenvalue weighted by Gasteiger charge is 2.40. The number of hydrogen-bond acceptors (Lipinski definition) is 3. The summed E-state index contributed by atoms with van der Waals surface area (Å²) in [4.78, 5) is 15.2. The molecule has 3 aliphatic rings. The topological polar surface area (TPSA) is 58.4 Å². The SMILES string of the molecule is CC1CCC(CN)(C(=O)NCC2CCN(C3CC3)C2)CC1. The normalized spacial score (nSPS) is 37.6. The molecule has 1 unspecified atom stereocenters. The van der Waals surface area contributed by atoms with Crippen molar-refractivity contribution >= 4 is 5.91 Å². The van der Waals surface area contributed by atoms with E-state index in [-0.39, 0.29) is 11.3 Å². The second-order valence-corrected chi connectivity index (χ2v) is 7.76. The van der Waals surface area contributed by atoms with Crippen LogP contribution in [0, 0.1) is 17.3 Å². The Morgan fingerprint density at radius 3 is 2.57 bits per heavy atom. The second-order valence-electron chi connectivity index (χ2n) is 7.76. The Kier molecular flexibility index (Phi) is 4.55. The van der Waals surface area contributed by atoms with Gasteiger partial charge in [-0.3, -0.25) is 4.79 Å². The summed E-state index contributed by atoms with van der Waals surface area (Å²) in [6.07, 6.45) is 8.22. The molecule has 1 saturated heterocycles. The number of nitrogens with one attached hydrogen (secondary N) is 1. The summed E-state index contributed by atoms with van der Waals surface area (Å²) >= 11 is 0. The summed E-state index contributed by atoms with van der Waals surface area (Å²) in [5.74, 6) is 1.62. The van der Waals surface area contributed by atoms with E-state index in [2.05, 4.69) is 17.1 Å². The molecule has 0 spiro atoms. The van der Waals surface area contributed by atoms with Crippen LogP contribution in [0.3, 0.4) is 0 Å². The van der Waals surface area contributed by atoms with Crippen LogP contribution in [0.15, 0.2) is 0 Å². The van der Waals surface area contributed by atoms with Gasteiger partial charge in [0.15, 0.2) is 0 Å². The molecular weight excluding hydrogens is 262 g/mol. The van der Waals surface area contributed by atoms with Gasteiger partial charge in [-0.05, 0) is 63.3 Å². The van der Waals surface area contributed by atoms with Gasteiger partial charge >= 0.3 is 0 Å². The molecule has 3 N–H and O–H groups in total. The highest BCUT2D eigenvalue weighted by molar-refractivity contribution is 5.83. The molecule has 0 bridgehead atoms. The maximum Gasteiger partial charge on any atom is 0.227 e. The van der Waals surface area contributed by atoms with Crippen LogP contribution in [0.25, 0.3) is 0 Å². The summed E-state index contributed by atoms with van der Waals surface area (Å²) in [6, 6.07) is 0.862. The maximum absolute atomic E-state index is 12.6. The Morgan fingerprint density at radius 1 is 1.24 bits per heavy atom. The standard InChI is InChI=1S/C17H31N3O/c1-13-4-7-17(12-18,8-5-13)16(21)19-10-14-6-9-20(11-14)15-2-3-15/h13-15H,2-12,18H2,1H3,(H,19,21). The van der Waals surface area contributed by atoms with Crippen molar-refractivity contribution in [1.82, 2.24) is 10.2 Å². The van der Waals surface area contributed by atoms with Crippen LogP contribution in [-0.4, -0.2) is 43.0 Å². The van der Waals surface area contributed by atoms with Gasteiger partial charge in [0.2, 0.25) is 5.91 Å². The van der Waals surface area contributed by atoms with E-state index in [1.54, 1.807) is 0 Å². The van der Waals surface area contributed by atoms with Gasteiger partial charge in [0.1, 0.15) is 0 Å². The van der Waals surface area contributed by atoms with Crippen molar-refractivity contribution in [2.45, 2.75) is 57.9 Å². The summed E-state index contributed by atoms with van der Waals surface area (Å²) < 4.78 is 0. The predicted octanol–water partition coefficient (Wildman–Crippen LogP) is 1.74. The molecule has 21 heavy (non-hydrogen) atoms. The summed E-state index contributed by atoms with van der Waals surface area (Å²) in [5, 5.41) is 3.24. The lowest BCUT2D eigenvalue weighted by Crippen LogP contribution is -2.49. The van der Waals surface area contributed by atoms with Gasteiger partial charge in [-0.1, -0.05) is 6.92 Å². The Hall–Kier alpha value is -0.610. The van der Waals surface area contributed by atoms with Crippen molar-refractivity contribution in [3.63, 3.8) is 0 Å². The molecule has 0 radical (unpaired) electrons. The number of hydrogen-bond donors (Lipinski definition) is 2. The smallest absolute Gasteiger partial charge is 0.227 e. The quantitative estimate of drug-likeness (QED) is 0.812. The first kappa shape index (κ1) is 15.3. The monoisotopic (exact) mass is 293 g/mol. The molecule has 4 nitrogen and oxygen atoms in total. The van der Waals surface area contributed by atoms with E-state index >= 15 is 0 Å². The van der Waals surface area contributed by atoms with Crippen molar-refractivity contribution in [1.29, 1.82) is 0 Å². The zero-order valence-electron chi connectivity index (χ0n) is 13.4. The minimum atomic E-state index is -0.276. The molecule has 2 aliphatic carbocycles. The molecule has 2 saturated carbocycles. The Balaban J connectivity index is 1.46. The molecule has 3 rings (SSSR count). The lowest BCUT2D eigenvalue weighted by molar-refractivity contribution is -0.133. The largest absolute Gasteiger partial charge is 0.355 e. The minimum Gasteiger partial charge on any atom is -0.355 e. The van der Waals surface area contributed by atoms with Gasteiger partial charge in [-0.15, -0.1) is 0 Å². The Bertz CT molecular complexity index is 372. The number of carbonyl (C=O) groups excluding carboxylic acids is 1. The van der Waals surface area contributed by atoms with Gasteiger partial charge in [-0.25, -0.2) is 0 Å². The first-order chi connectivity index (χ1) is 10.1. The molecule has 1 atom stereocenters. The molecule has 0 aromatic rings. The number of amides is 1. The second kappa shape index (κ2) is 6.25. The van der Waals surface area contributed by atoms with E-state index in [1.165, 1.54) is 32.4 Å². The fourth-order valence-electron chi connectivity index (χ4n) is 4.06. The summed E-state index contributed by atoms with van der Waals surface area (Å²) in [7, 11) is 0. The number of rotatable bonds is 5. The third kappa shape index (κ3) is 3.42. The van der Waals surface area contributed by atoms with Crippen LogP contribution in [0.1, 0.15) is 51.9 Å². The first-order valence-electron chi connectivity index (χ1n) is 8.85. The van der Waals surface area contributed by atoms with Crippen molar-refractivity contribution in [2.24, 2.45) is 23.0 Å². The zero-order chi connectivity index (χ0) is 14.9. The average molecular weight is 293 g/mol. The van der Waals surface area contributed by atoms with Crippen molar-refractivity contribution in [3.05, 3.63) is 0 Å². The van der Waals surface area contributed by atoms with E-state index in [0.717, 1.165) is 44.2 Å². The third-order valence-electron chi connectivity index (χ3n) is 6.04. The molecule has 0 aromatic carbocycles. The molecule has 3 fully saturated rings. The van der Waals surface area contributed by atoms with E-state index in [0.29, 0.717) is 12.5 Å². The zero-order valence-corrected chi connectivity index (χ0v) is 13.4. The highest BCUT2D eigenvalue weighted by atomic mass is 16.2. The molecule has 120 valence electrons. The Morgan fingerprint density at radius 2 is 1.95 bits per heavy atom. The fourth-order valence-corrected chi connectivity index (χ4v) is 4.06. The van der Waals surface area contributed by atoms with Gasteiger partial charge < -0.3 is 16.0 Å². The van der Waals surface area contributed by atoms with Gasteiger partial charge in [-0.2, -0.15) is 0 Å². The number of nitrogens with zero attached hydrogens (tertiary/aromatic N) is 1. The van der Waals surface area contributed by atoms with Gasteiger partial charge in [0.25, 0.3) is 0 Å². The average Bonchev–Trinajstić information content (AvgIpc) is 3.25. The van der Waals surface area contributed by atoms with Gasteiger partial charge in [0.05, 0.1) is 5.41 Å². The van der Waals surface area contributed by atoms with Crippen LogP contribution < -0.4 is 11.1 Å². The molecule has 4 heteroatoms. The van der Waals surface area contributed by atoms with E-state index in [9.17, 15) is 4.79 Å². The third-order valence-corrected chi connectivity index (χ3v) is 6.04. The molecule has 0 aromatic heterocycles. The minimum absolute atomic E-state index is 0.224. The lowest BCUT2D eigenvalue weighted by Gasteiger charge is -2.37. The first-order valence-corrected chi connectivity index (χ1v) is 8.85. The number of carbonyl (C=O) groups is 1. The number of likely N-dealkylation sites (tertiary alicyclic amines) is 1. The summed E-state index contributed by atoms with van der Waals surface area (Å²) in [5.41, 5.74) is 5.69. The van der Waals surface area contributed by atoms with Crippen LogP contribution in [0.4, 0.5) is 0 Å². The highest BCUT2D eigenvalue weighted by Crippen LogP contribution is 2.38. The van der Waals surface area contributed by atoms with Crippen molar-refractivity contribution < 1.29 is 4.79 Å². The number of nitrogens with two attached hydrogens (primary N) is 1. The molecular formula is C17H31N3O. The van der Waals surface area contributed by atoms with Crippen molar-refractivity contribution in [2.75, 3.05) is 26.2 Å². The molecule has 1 amide bonds. The van der Waals surface area contributed by atoms with E-state index in [4.69, 9.17) is 5.73 Å².